The lowest BCUT2D eigenvalue weighted by Gasteiger charge is -2.28. The quantitative estimate of drug-likeness (QED) is 0.661. The number of anilines is 1. The number of aryl methyl sites for hydroxylation is 1. The first-order valence-corrected chi connectivity index (χ1v) is 11.0. The number of nitrogens with zero attached hydrogens (tertiary/aromatic N) is 3. The van der Waals surface area contributed by atoms with E-state index in [1.54, 1.807) is 13.0 Å². The predicted molar refractivity (Wildman–Crippen MR) is 105 cm³/mol. The van der Waals surface area contributed by atoms with Crippen molar-refractivity contribution >= 4 is 15.8 Å². The van der Waals surface area contributed by atoms with Gasteiger partial charge in [-0.2, -0.15) is 18.2 Å². The third kappa shape index (κ3) is 5.82. The van der Waals surface area contributed by atoms with Crippen LogP contribution in [0.1, 0.15) is 30.7 Å². The minimum atomic E-state index is -4.62. The summed E-state index contributed by atoms with van der Waals surface area (Å²) in [6.45, 7) is 3.41. The molecule has 0 bridgehead atoms. The average Bonchev–Trinajstić information content (AvgIpc) is 2.71. The molecule has 1 aliphatic rings. The molecule has 0 saturated carbocycles. The van der Waals surface area contributed by atoms with E-state index >= 15 is 0 Å². The highest BCUT2D eigenvalue weighted by molar-refractivity contribution is 7.89. The number of aromatic nitrogens is 2. The summed E-state index contributed by atoms with van der Waals surface area (Å²) in [5.74, 6) is 1.63. The standard InChI is InChI=1S/C19H23F3N4O3S/c1-14-24-17(26-9-3-2-4-10-26)13-18(25-14)29-11-8-23-30(27,28)16-7-5-6-15(12-16)19(20,21)22/h5-7,12-13,23H,2-4,8-11H2,1H3. The highest BCUT2D eigenvalue weighted by atomic mass is 32.2. The molecule has 0 atom stereocenters. The Kier molecular flexibility index (Phi) is 6.81. The van der Waals surface area contributed by atoms with Crippen molar-refractivity contribution in [3.63, 3.8) is 0 Å². The maximum absolute atomic E-state index is 12.8. The summed E-state index contributed by atoms with van der Waals surface area (Å²) < 4.78 is 70.7. The largest absolute Gasteiger partial charge is 0.476 e. The molecule has 0 radical (unpaired) electrons. The number of halogens is 3. The summed E-state index contributed by atoms with van der Waals surface area (Å²) in [6, 6.07) is 5.29. The number of hydrogen-bond donors (Lipinski definition) is 1. The fourth-order valence-electron chi connectivity index (χ4n) is 3.14. The SMILES string of the molecule is Cc1nc(OCCNS(=O)(=O)c2cccc(C(F)(F)F)c2)cc(N2CCCCC2)n1. The van der Waals surface area contributed by atoms with Gasteiger partial charge in [-0.15, -0.1) is 0 Å². The number of benzene rings is 1. The first kappa shape index (κ1) is 22.3. The molecule has 0 unspecified atom stereocenters. The zero-order chi connectivity index (χ0) is 21.8. The van der Waals surface area contributed by atoms with Gasteiger partial charge in [0.15, 0.2) is 0 Å². The molecule has 0 aliphatic carbocycles. The molecule has 0 amide bonds. The van der Waals surface area contributed by atoms with E-state index in [-0.39, 0.29) is 13.2 Å². The van der Waals surface area contributed by atoms with E-state index in [2.05, 4.69) is 19.6 Å². The highest BCUT2D eigenvalue weighted by Crippen LogP contribution is 2.30. The summed E-state index contributed by atoms with van der Waals surface area (Å²) in [5.41, 5.74) is -1.02. The van der Waals surface area contributed by atoms with E-state index in [1.165, 1.54) is 6.42 Å². The van der Waals surface area contributed by atoms with Crippen LogP contribution in [-0.4, -0.2) is 44.6 Å². The Morgan fingerprint density at radius 1 is 1.13 bits per heavy atom. The van der Waals surface area contributed by atoms with E-state index in [0.29, 0.717) is 17.8 Å². The van der Waals surface area contributed by atoms with Crippen molar-refractivity contribution in [1.29, 1.82) is 0 Å². The maximum Gasteiger partial charge on any atom is 0.416 e. The minimum absolute atomic E-state index is 0.0336. The third-order valence-corrected chi connectivity index (χ3v) is 6.06. The monoisotopic (exact) mass is 444 g/mol. The lowest BCUT2D eigenvalue weighted by atomic mass is 10.1. The molecule has 30 heavy (non-hydrogen) atoms. The lowest BCUT2D eigenvalue weighted by molar-refractivity contribution is -0.137. The molecule has 1 aromatic carbocycles. The molecular formula is C19H23F3N4O3S. The van der Waals surface area contributed by atoms with Crippen LogP contribution in [0.5, 0.6) is 5.88 Å². The number of nitrogens with one attached hydrogen (secondary N) is 1. The summed E-state index contributed by atoms with van der Waals surface area (Å²) in [6.07, 6.45) is -1.24. The molecule has 2 aromatic rings. The molecular weight excluding hydrogens is 421 g/mol. The van der Waals surface area contributed by atoms with Gasteiger partial charge in [0.25, 0.3) is 0 Å². The van der Waals surface area contributed by atoms with Gasteiger partial charge in [0, 0.05) is 25.7 Å². The predicted octanol–water partition coefficient (Wildman–Crippen LogP) is 3.15. The first-order chi connectivity index (χ1) is 14.1. The van der Waals surface area contributed by atoms with Gasteiger partial charge in [-0.25, -0.2) is 18.1 Å². The fourth-order valence-corrected chi connectivity index (χ4v) is 4.20. The Balaban J connectivity index is 1.59. The topological polar surface area (TPSA) is 84.4 Å². The van der Waals surface area contributed by atoms with Crippen LogP contribution in [0, 0.1) is 6.92 Å². The Morgan fingerprint density at radius 3 is 2.57 bits per heavy atom. The lowest BCUT2D eigenvalue weighted by Crippen LogP contribution is -2.30. The molecule has 11 heteroatoms. The van der Waals surface area contributed by atoms with Crippen LogP contribution in [0.4, 0.5) is 19.0 Å². The van der Waals surface area contributed by atoms with Crippen molar-refractivity contribution in [3.8, 4) is 5.88 Å². The van der Waals surface area contributed by atoms with Crippen LogP contribution in [0.3, 0.4) is 0 Å². The molecule has 2 heterocycles. The van der Waals surface area contributed by atoms with E-state index in [1.807, 2.05) is 0 Å². The van der Waals surface area contributed by atoms with E-state index in [4.69, 9.17) is 4.74 Å². The second kappa shape index (κ2) is 9.17. The maximum atomic E-state index is 12.8. The Morgan fingerprint density at radius 2 is 1.87 bits per heavy atom. The summed E-state index contributed by atoms with van der Waals surface area (Å²) in [4.78, 5) is 10.3. The Bertz CT molecular complexity index is 977. The van der Waals surface area contributed by atoms with Crippen molar-refractivity contribution in [3.05, 3.63) is 41.7 Å². The number of piperidine rings is 1. The van der Waals surface area contributed by atoms with E-state index in [0.717, 1.165) is 49.9 Å². The number of alkyl halides is 3. The molecule has 1 saturated heterocycles. The summed E-state index contributed by atoms with van der Waals surface area (Å²) in [5, 5.41) is 0. The number of ether oxygens (including phenoxy) is 1. The molecule has 1 N–H and O–H groups in total. The van der Waals surface area contributed by atoms with Gasteiger partial charge in [-0.05, 0) is 44.4 Å². The van der Waals surface area contributed by atoms with Gasteiger partial charge in [-0.1, -0.05) is 6.07 Å². The van der Waals surface area contributed by atoms with Crippen molar-refractivity contribution in [2.24, 2.45) is 0 Å². The van der Waals surface area contributed by atoms with Crippen LogP contribution < -0.4 is 14.4 Å². The van der Waals surface area contributed by atoms with Crippen molar-refractivity contribution in [1.82, 2.24) is 14.7 Å². The van der Waals surface area contributed by atoms with Gasteiger partial charge < -0.3 is 9.64 Å². The van der Waals surface area contributed by atoms with Crippen LogP contribution >= 0.6 is 0 Å². The normalized spacial score (nSPS) is 15.3. The molecule has 0 spiro atoms. The third-order valence-electron chi connectivity index (χ3n) is 4.60. The Hall–Kier alpha value is -2.40. The molecule has 1 aliphatic heterocycles. The number of sulfonamides is 1. The molecule has 1 aromatic heterocycles. The fraction of sp³-hybridized carbons (Fsp3) is 0.474. The van der Waals surface area contributed by atoms with Gasteiger partial charge >= 0.3 is 6.18 Å². The van der Waals surface area contributed by atoms with Crippen molar-refractivity contribution in [2.45, 2.75) is 37.3 Å². The minimum Gasteiger partial charge on any atom is -0.476 e. The molecule has 1 fully saturated rings. The second-order valence-electron chi connectivity index (χ2n) is 6.93. The first-order valence-electron chi connectivity index (χ1n) is 9.55. The Labute approximate surface area is 173 Å². The number of rotatable bonds is 7. The zero-order valence-electron chi connectivity index (χ0n) is 16.4. The van der Waals surface area contributed by atoms with Crippen LogP contribution in [0.15, 0.2) is 35.2 Å². The van der Waals surface area contributed by atoms with Gasteiger partial charge in [-0.3, -0.25) is 0 Å². The van der Waals surface area contributed by atoms with E-state index < -0.39 is 26.7 Å². The van der Waals surface area contributed by atoms with Gasteiger partial charge in [0.05, 0.1) is 10.5 Å². The van der Waals surface area contributed by atoms with Gasteiger partial charge in [0.2, 0.25) is 15.9 Å². The molecule has 3 rings (SSSR count). The zero-order valence-corrected chi connectivity index (χ0v) is 17.3. The van der Waals surface area contributed by atoms with Crippen molar-refractivity contribution in [2.75, 3.05) is 31.1 Å². The number of hydrogen-bond acceptors (Lipinski definition) is 6. The molecule has 7 nitrogen and oxygen atoms in total. The van der Waals surface area contributed by atoms with Crippen molar-refractivity contribution < 1.29 is 26.3 Å². The summed E-state index contributed by atoms with van der Waals surface area (Å²) in [7, 11) is -4.10. The summed E-state index contributed by atoms with van der Waals surface area (Å²) >= 11 is 0. The second-order valence-corrected chi connectivity index (χ2v) is 8.70. The van der Waals surface area contributed by atoms with Crippen LogP contribution in [0.25, 0.3) is 0 Å². The highest BCUT2D eigenvalue weighted by Gasteiger charge is 2.31. The van der Waals surface area contributed by atoms with Crippen LogP contribution in [-0.2, 0) is 16.2 Å². The van der Waals surface area contributed by atoms with Gasteiger partial charge in [0.1, 0.15) is 18.2 Å². The average molecular weight is 444 g/mol. The molecule has 164 valence electrons. The van der Waals surface area contributed by atoms with E-state index in [9.17, 15) is 21.6 Å². The smallest absolute Gasteiger partial charge is 0.416 e. The van der Waals surface area contributed by atoms with Crippen LogP contribution in [0.2, 0.25) is 0 Å².